The molecule has 1 saturated carbocycles. The van der Waals surface area contributed by atoms with E-state index in [1.54, 1.807) is 32.9 Å². The number of carbonyl (C=O) groups excluding carboxylic acids is 2. The third-order valence-electron chi connectivity index (χ3n) is 4.88. The molecular weight excluding hydrogens is 378 g/mol. The predicted octanol–water partition coefficient (Wildman–Crippen LogP) is 5.37. The number of ether oxygens (including phenoxy) is 1. The van der Waals surface area contributed by atoms with Crippen LogP contribution < -0.4 is 10.6 Å². The molecule has 0 bridgehead atoms. The number of hydrogen-bond donors (Lipinski definition) is 2. The van der Waals surface area contributed by atoms with Crippen molar-refractivity contribution in [1.29, 1.82) is 0 Å². The molecule has 0 radical (unpaired) electrons. The van der Waals surface area contributed by atoms with Crippen LogP contribution in [-0.2, 0) is 14.9 Å². The van der Waals surface area contributed by atoms with Gasteiger partial charge in [0.25, 0.3) is 0 Å². The van der Waals surface area contributed by atoms with E-state index in [1.807, 2.05) is 0 Å². The maximum absolute atomic E-state index is 14.1. The van der Waals surface area contributed by atoms with Crippen LogP contribution in [0, 0.1) is 11.6 Å². The van der Waals surface area contributed by atoms with Crippen LogP contribution in [0.4, 0.5) is 25.0 Å². The van der Waals surface area contributed by atoms with E-state index in [2.05, 4.69) is 10.6 Å². The molecule has 1 fully saturated rings. The fourth-order valence-corrected chi connectivity index (χ4v) is 3.33. The van der Waals surface area contributed by atoms with Crippen LogP contribution in [0.3, 0.4) is 0 Å². The van der Waals surface area contributed by atoms with Crippen LogP contribution in [-0.4, -0.2) is 17.6 Å². The van der Waals surface area contributed by atoms with Gasteiger partial charge in [0, 0.05) is 5.69 Å². The van der Waals surface area contributed by atoms with Crippen molar-refractivity contribution in [2.45, 2.75) is 51.0 Å². The van der Waals surface area contributed by atoms with Gasteiger partial charge in [0.15, 0.2) is 0 Å². The molecule has 2 amide bonds. The summed E-state index contributed by atoms with van der Waals surface area (Å²) in [4.78, 5) is 24.9. The van der Waals surface area contributed by atoms with Crippen molar-refractivity contribution in [2.24, 2.45) is 0 Å². The first-order valence-electron chi connectivity index (χ1n) is 9.46. The first-order valence-corrected chi connectivity index (χ1v) is 9.46. The van der Waals surface area contributed by atoms with E-state index in [9.17, 15) is 18.4 Å². The Kier molecular flexibility index (Phi) is 5.59. The molecule has 29 heavy (non-hydrogen) atoms. The third kappa shape index (κ3) is 4.72. The molecule has 2 aromatic carbocycles. The van der Waals surface area contributed by atoms with E-state index in [1.165, 1.54) is 24.3 Å². The lowest BCUT2D eigenvalue weighted by Gasteiger charge is -2.40. The zero-order valence-corrected chi connectivity index (χ0v) is 16.6. The van der Waals surface area contributed by atoms with E-state index in [0.29, 0.717) is 24.1 Å². The fraction of sp³-hybridized carbons (Fsp3) is 0.364. The quantitative estimate of drug-likeness (QED) is 0.722. The lowest BCUT2D eigenvalue weighted by Crippen LogP contribution is -2.46. The van der Waals surface area contributed by atoms with Crippen LogP contribution in [0.25, 0.3) is 0 Å². The lowest BCUT2D eigenvalue weighted by molar-refractivity contribution is -0.124. The predicted molar refractivity (Wildman–Crippen MR) is 107 cm³/mol. The molecule has 0 spiro atoms. The molecule has 2 aromatic rings. The van der Waals surface area contributed by atoms with Gasteiger partial charge in [-0.1, -0.05) is 18.6 Å². The molecule has 0 aromatic heterocycles. The molecule has 1 aliphatic carbocycles. The summed E-state index contributed by atoms with van der Waals surface area (Å²) in [6, 6.07) is 9.92. The minimum absolute atomic E-state index is 0.106. The molecule has 2 N–H and O–H groups in total. The van der Waals surface area contributed by atoms with Crippen LogP contribution >= 0.6 is 0 Å². The Balaban J connectivity index is 1.78. The molecule has 5 nitrogen and oxygen atoms in total. The number of benzene rings is 2. The summed E-state index contributed by atoms with van der Waals surface area (Å²) >= 11 is 0. The normalized spacial score (nSPS) is 15.2. The number of rotatable bonds is 4. The number of halogens is 2. The second-order valence-electron chi connectivity index (χ2n) is 8.22. The molecule has 0 atom stereocenters. The summed E-state index contributed by atoms with van der Waals surface area (Å²) in [5, 5.41) is 5.12. The highest BCUT2D eigenvalue weighted by Gasteiger charge is 2.45. The largest absolute Gasteiger partial charge is 0.444 e. The number of amides is 2. The molecule has 0 unspecified atom stereocenters. The van der Waals surface area contributed by atoms with Gasteiger partial charge in [0.1, 0.15) is 17.2 Å². The average Bonchev–Trinajstić information content (AvgIpc) is 2.55. The average molecular weight is 402 g/mol. The highest BCUT2D eigenvalue weighted by molar-refractivity contribution is 6.00. The van der Waals surface area contributed by atoms with Gasteiger partial charge in [-0.15, -0.1) is 0 Å². The molecule has 7 heteroatoms. The van der Waals surface area contributed by atoms with Gasteiger partial charge in [-0.2, -0.15) is 0 Å². The van der Waals surface area contributed by atoms with Crippen molar-refractivity contribution in [3.05, 3.63) is 59.7 Å². The Morgan fingerprint density at radius 2 is 1.76 bits per heavy atom. The van der Waals surface area contributed by atoms with Crippen LogP contribution in [0.15, 0.2) is 42.5 Å². The zero-order chi connectivity index (χ0) is 21.2. The summed E-state index contributed by atoms with van der Waals surface area (Å²) in [7, 11) is 0. The number of carbonyl (C=O) groups is 2. The van der Waals surface area contributed by atoms with E-state index in [-0.39, 0.29) is 11.6 Å². The smallest absolute Gasteiger partial charge is 0.412 e. The van der Waals surface area contributed by atoms with Crippen LogP contribution in [0.2, 0.25) is 0 Å². The van der Waals surface area contributed by atoms with Gasteiger partial charge in [0.2, 0.25) is 5.91 Å². The van der Waals surface area contributed by atoms with Crippen molar-refractivity contribution < 1.29 is 23.1 Å². The second kappa shape index (κ2) is 7.81. The maximum Gasteiger partial charge on any atom is 0.412 e. The zero-order valence-electron chi connectivity index (χ0n) is 16.6. The number of hydrogen-bond acceptors (Lipinski definition) is 3. The molecule has 0 saturated heterocycles. The number of anilines is 2. The molecule has 3 rings (SSSR count). The Hall–Kier alpha value is -2.96. The maximum atomic E-state index is 14.1. The van der Waals surface area contributed by atoms with Gasteiger partial charge in [-0.3, -0.25) is 10.1 Å². The van der Waals surface area contributed by atoms with E-state index < -0.39 is 28.7 Å². The summed E-state index contributed by atoms with van der Waals surface area (Å²) in [5.41, 5.74) is -0.700. The summed E-state index contributed by atoms with van der Waals surface area (Å²) in [5.74, 6) is -1.34. The highest BCUT2D eigenvalue weighted by Crippen LogP contribution is 2.44. The van der Waals surface area contributed by atoms with E-state index >= 15 is 0 Å². The first kappa shape index (κ1) is 20.8. The van der Waals surface area contributed by atoms with E-state index in [4.69, 9.17) is 4.74 Å². The SMILES string of the molecule is CC(C)(C)OC(=O)Nc1cc(NC(=O)C2(c3cccc(F)c3)CCC2)ccc1F. The number of nitrogens with one attached hydrogen (secondary N) is 2. The minimum atomic E-state index is -0.810. The molecule has 0 heterocycles. The van der Waals surface area contributed by atoms with Gasteiger partial charge < -0.3 is 10.1 Å². The van der Waals surface area contributed by atoms with E-state index in [0.717, 1.165) is 12.5 Å². The Morgan fingerprint density at radius 3 is 2.34 bits per heavy atom. The summed E-state index contributed by atoms with van der Waals surface area (Å²) in [6.07, 6.45) is 1.27. The fourth-order valence-electron chi connectivity index (χ4n) is 3.33. The third-order valence-corrected chi connectivity index (χ3v) is 4.88. The van der Waals surface area contributed by atoms with Gasteiger partial charge in [0.05, 0.1) is 11.1 Å². The molecule has 1 aliphatic rings. The monoisotopic (exact) mass is 402 g/mol. The van der Waals surface area contributed by atoms with Crippen molar-refractivity contribution in [3.8, 4) is 0 Å². The Labute approximate surface area is 168 Å². The topological polar surface area (TPSA) is 67.4 Å². The second-order valence-corrected chi connectivity index (χ2v) is 8.22. The van der Waals surface area contributed by atoms with Crippen LogP contribution in [0.1, 0.15) is 45.6 Å². The first-order chi connectivity index (χ1) is 13.6. The lowest BCUT2D eigenvalue weighted by atomic mass is 9.63. The molecule has 0 aliphatic heterocycles. The Bertz CT molecular complexity index is 934. The highest BCUT2D eigenvalue weighted by atomic mass is 19.1. The molecular formula is C22H24F2N2O3. The van der Waals surface area contributed by atoms with Gasteiger partial charge in [-0.05, 0) is 69.5 Å². The summed E-state index contributed by atoms with van der Waals surface area (Å²) < 4.78 is 32.9. The van der Waals surface area contributed by atoms with Crippen molar-refractivity contribution >= 4 is 23.4 Å². The Morgan fingerprint density at radius 1 is 1.03 bits per heavy atom. The van der Waals surface area contributed by atoms with Crippen molar-refractivity contribution in [2.75, 3.05) is 10.6 Å². The van der Waals surface area contributed by atoms with Crippen molar-refractivity contribution in [1.82, 2.24) is 0 Å². The van der Waals surface area contributed by atoms with Crippen molar-refractivity contribution in [3.63, 3.8) is 0 Å². The van der Waals surface area contributed by atoms with Crippen LogP contribution in [0.5, 0.6) is 0 Å². The summed E-state index contributed by atoms with van der Waals surface area (Å²) in [6.45, 7) is 5.10. The minimum Gasteiger partial charge on any atom is -0.444 e. The van der Waals surface area contributed by atoms with Gasteiger partial charge >= 0.3 is 6.09 Å². The standard InChI is InChI=1S/C22H24F2N2O3/c1-21(2,3)29-20(28)26-18-13-16(8-9-17(18)24)25-19(27)22(10-5-11-22)14-6-4-7-15(23)12-14/h4,6-9,12-13H,5,10-11H2,1-3H3,(H,25,27)(H,26,28). The van der Waals surface area contributed by atoms with Gasteiger partial charge in [-0.25, -0.2) is 13.6 Å². The molecule has 154 valence electrons.